The molecule has 2 aromatic carbocycles. The first-order valence-electron chi connectivity index (χ1n) is 9.53. The van der Waals surface area contributed by atoms with Gasteiger partial charge in [-0.1, -0.05) is 18.2 Å². The number of aromatic hydroxyl groups is 1. The topological polar surface area (TPSA) is 65.7 Å². The van der Waals surface area contributed by atoms with Crippen LogP contribution in [0.2, 0.25) is 0 Å². The molecule has 1 fully saturated rings. The molecule has 1 saturated heterocycles. The van der Waals surface area contributed by atoms with Gasteiger partial charge in [-0.2, -0.15) is 0 Å². The third-order valence-electron chi connectivity index (χ3n) is 5.38. The van der Waals surface area contributed by atoms with Gasteiger partial charge in [-0.15, -0.1) is 0 Å². The third kappa shape index (κ3) is 3.47. The standard InChI is InChI=1S/C22H23FN2O3/c1-14-21(17-12-15(26)8-9-20(17)28-14)22(27)24-13-19(25-10-4-5-11-25)16-6-2-3-7-18(16)23/h2-3,6-9,12,19,26H,4-5,10-11,13H2,1H3,(H,24,27)/t19-/m1/s1. The van der Waals surface area contributed by atoms with E-state index in [-0.39, 0.29) is 23.5 Å². The number of carbonyl (C=O) groups excluding carboxylic acids is 1. The molecule has 5 nitrogen and oxygen atoms in total. The molecule has 4 rings (SSSR count). The van der Waals surface area contributed by atoms with E-state index in [2.05, 4.69) is 10.2 Å². The van der Waals surface area contributed by atoms with Crippen LogP contribution in [-0.4, -0.2) is 35.5 Å². The number of halogens is 1. The van der Waals surface area contributed by atoms with E-state index in [1.807, 2.05) is 6.07 Å². The molecule has 146 valence electrons. The number of benzene rings is 2. The number of aryl methyl sites for hydroxylation is 1. The molecule has 1 aliphatic rings. The number of likely N-dealkylation sites (tertiary alicyclic amines) is 1. The van der Waals surface area contributed by atoms with Gasteiger partial charge in [0.05, 0.1) is 11.6 Å². The number of nitrogens with one attached hydrogen (secondary N) is 1. The van der Waals surface area contributed by atoms with Crippen molar-refractivity contribution >= 4 is 16.9 Å². The number of hydrogen-bond donors (Lipinski definition) is 2. The summed E-state index contributed by atoms with van der Waals surface area (Å²) in [5.74, 6) is 0.0104. The Morgan fingerprint density at radius 3 is 2.75 bits per heavy atom. The van der Waals surface area contributed by atoms with Crippen molar-refractivity contribution in [2.24, 2.45) is 0 Å². The first-order valence-corrected chi connectivity index (χ1v) is 9.53. The highest BCUT2D eigenvalue weighted by atomic mass is 19.1. The smallest absolute Gasteiger partial charge is 0.255 e. The maximum atomic E-state index is 14.4. The zero-order valence-corrected chi connectivity index (χ0v) is 15.7. The maximum Gasteiger partial charge on any atom is 0.255 e. The second-order valence-corrected chi connectivity index (χ2v) is 7.20. The predicted molar refractivity (Wildman–Crippen MR) is 105 cm³/mol. The van der Waals surface area contributed by atoms with Crippen molar-refractivity contribution in [3.8, 4) is 5.75 Å². The SMILES string of the molecule is Cc1oc2ccc(O)cc2c1C(=O)NC[C@H](c1ccccc1F)N1CCCC1. The minimum atomic E-state index is -0.289. The van der Waals surface area contributed by atoms with Crippen LogP contribution in [0.5, 0.6) is 5.75 Å². The molecule has 28 heavy (non-hydrogen) atoms. The lowest BCUT2D eigenvalue weighted by Gasteiger charge is -2.28. The summed E-state index contributed by atoms with van der Waals surface area (Å²) in [6.07, 6.45) is 2.15. The quantitative estimate of drug-likeness (QED) is 0.696. The van der Waals surface area contributed by atoms with Gasteiger partial charge < -0.3 is 14.8 Å². The van der Waals surface area contributed by atoms with Gasteiger partial charge >= 0.3 is 0 Å². The Morgan fingerprint density at radius 2 is 2.00 bits per heavy atom. The number of amides is 1. The molecule has 0 spiro atoms. The first kappa shape index (κ1) is 18.5. The lowest BCUT2D eigenvalue weighted by atomic mass is 10.0. The van der Waals surface area contributed by atoms with Crippen LogP contribution in [0.15, 0.2) is 46.9 Å². The molecule has 1 atom stereocenters. The van der Waals surface area contributed by atoms with Crippen LogP contribution in [-0.2, 0) is 0 Å². The van der Waals surface area contributed by atoms with E-state index in [0.717, 1.165) is 25.9 Å². The fraction of sp³-hybridized carbons (Fsp3) is 0.318. The summed E-state index contributed by atoms with van der Waals surface area (Å²) in [5.41, 5.74) is 1.54. The van der Waals surface area contributed by atoms with E-state index in [0.29, 0.717) is 34.4 Å². The van der Waals surface area contributed by atoms with Gasteiger partial charge in [0, 0.05) is 17.5 Å². The summed E-state index contributed by atoms with van der Waals surface area (Å²) >= 11 is 0. The van der Waals surface area contributed by atoms with Gasteiger partial charge in [-0.05, 0) is 57.1 Å². The summed E-state index contributed by atoms with van der Waals surface area (Å²) in [7, 11) is 0. The van der Waals surface area contributed by atoms with Crippen molar-refractivity contribution in [1.29, 1.82) is 0 Å². The van der Waals surface area contributed by atoms with Crippen LogP contribution in [0.3, 0.4) is 0 Å². The van der Waals surface area contributed by atoms with E-state index in [4.69, 9.17) is 4.42 Å². The van der Waals surface area contributed by atoms with Crippen molar-refractivity contribution < 1.29 is 18.7 Å². The summed E-state index contributed by atoms with van der Waals surface area (Å²) < 4.78 is 20.1. The molecule has 6 heteroatoms. The average Bonchev–Trinajstić information content (AvgIpc) is 3.30. The highest BCUT2D eigenvalue weighted by Crippen LogP contribution is 2.30. The Labute approximate surface area is 162 Å². The van der Waals surface area contributed by atoms with Gasteiger partial charge in [-0.25, -0.2) is 4.39 Å². The molecule has 1 amide bonds. The largest absolute Gasteiger partial charge is 0.508 e. The number of furan rings is 1. The van der Waals surface area contributed by atoms with E-state index < -0.39 is 0 Å². The molecule has 3 aromatic rings. The van der Waals surface area contributed by atoms with Gasteiger partial charge in [0.1, 0.15) is 22.9 Å². The molecular formula is C22H23FN2O3. The number of phenols is 1. The fourth-order valence-corrected chi connectivity index (χ4v) is 4.00. The minimum absolute atomic E-state index is 0.0728. The normalized spacial score (nSPS) is 15.8. The number of hydrogen-bond acceptors (Lipinski definition) is 4. The van der Waals surface area contributed by atoms with Crippen LogP contribution in [0.4, 0.5) is 4.39 Å². The van der Waals surface area contributed by atoms with Crippen molar-refractivity contribution in [3.05, 3.63) is 65.2 Å². The third-order valence-corrected chi connectivity index (χ3v) is 5.38. The fourth-order valence-electron chi connectivity index (χ4n) is 4.00. The second kappa shape index (κ2) is 7.64. The van der Waals surface area contributed by atoms with Crippen molar-refractivity contribution in [3.63, 3.8) is 0 Å². The summed E-state index contributed by atoms with van der Waals surface area (Å²) in [6, 6.07) is 11.2. The van der Waals surface area contributed by atoms with E-state index in [1.54, 1.807) is 25.1 Å². The molecule has 2 heterocycles. The summed E-state index contributed by atoms with van der Waals surface area (Å²) in [5, 5.41) is 13.3. The minimum Gasteiger partial charge on any atom is -0.508 e. The Hall–Kier alpha value is -2.86. The average molecular weight is 382 g/mol. The lowest BCUT2D eigenvalue weighted by molar-refractivity contribution is 0.0937. The summed E-state index contributed by atoms with van der Waals surface area (Å²) in [6.45, 7) is 3.79. The van der Waals surface area contributed by atoms with Gasteiger partial charge in [0.15, 0.2) is 0 Å². The van der Waals surface area contributed by atoms with E-state index in [1.165, 1.54) is 18.2 Å². The Balaban J connectivity index is 1.59. The predicted octanol–water partition coefficient (Wildman–Crippen LogP) is 4.15. The zero-order valence-electron chi connectivity index (χ0n) is 15.7. The molecule has 0 unspecified atom stereocenters. The van der Waals surface area contributed by atoms with E-state index >= 15 is 0 Å². The van der Waals surface area contributed by atoms with Crippen LogP contribution in [0, 0.1) is 12.7 Å². The number of fused-ring (bicyclic) bond motifs is 1. The Morgan fingerprint density at radius 1 is 1.25 bits per heavy atom. The highest BCUT2D eigenvalue weighted by molar-refractivity contribution is 6.07. The number of carbonyl (C=O) groups is 1. The Kier molecular flexibility index (Phi) is 5.05. The van der Waals surface area contributed by atoms with Gasteiger partial charge in [0.25, 0.3) is 5.91 Å². The lowest BCUT2D eigenvalue weighted by Crippen LogP contribution is -2.37. The molecule has 0 radical (unpaired) electrons. The van der Waals surface area contributed by atoms with Crippen LogP contribution < -0.4 is 5.32 Å². The van der Waals surface area contributed by atoms with Gasteiger partial charge in [0.2, 0.25) is 0 Å². The van der Waals surface area contributed by atoms with Gasteiger partial charge in [-0.3, -0.25) is 9.69 Å². The molecule has 0 bridgehead atoms. The second-order valence-electron chi connectivity index (χ2n) is 7.20. The molecule has 0 saturated carbocycles. The van der Waals surface area contributed by atoms with Crippen LogP contribution in [0.25, 0.3) is 11.0 Å². The molecule has 2 N–H and O–H groups in total. The molecular weight excluding hydrogens is 359 g/mol. The summed E-state index contributed by atoms with van der Waals surface area (Å²) in [4.78, 5) is 15.1. The van der Waals surface area contributed by atoms with Crippen LogP contribution in [0.1, 0.15) is 40.6 Å². The van der Waals surface area contributed by atoms with E-state index in [9.17, 15) is 14.3 Å². The molecule has 0 aliphatic carbocycles. The number of nitrogens with zero attached hydrogens (tertiary/aromatic N) is 1. The zero-order chi connectivity index (χ0) is 19.7. The maximum absolute atomic E-state index is 14.4. The molecule has 1 aromatic heterocycles. The van der Waals surface area contributed by atoms with Crippen molar-refractivity contribution in [2.75, 3.05) is 19.6 Å². The monoisotopic (exact) mass is 382 g/mol. The van der Waals surface area contributed by atoms with Crippen LogP contribution >= 0.6 is 0 Å². The number of rotatable bonds is 5. The molecule has 1 aliphatic heterocycles. The highest BCUT2D eigenvalue weighted by Gasteiger charge is 2.27. The first-order chi connectivity index (χ1) is 13.5. The van der Waals surface area contributed by atoms with Crippen molar-refractivity contribution in [2.45, 2.75) is 25.8 Å². The van der Waals surface area contributed by atoms with Crippen molar-refractivity contribution in [1.82, 2.24) is 10.2 Å². The Bertz CT molecular complexity index is 1010. The number of phenolic OH excluding ortho intramolecular Hbond substituents is 1.